The van der Waals surface area contributed by atoms with Crippen LogP contribution in [-0.2, 0) is 25.3 Å². The first-order valence-corrected chi connectivity index (χ1v) is 13.3. The molecule has 0 unspecified atom stereocenters. The molecule has 1 heterocycles. The molecule has 1 fully saturated rings. The molecule has 168 valence electrons. The van der Waals surface area contributed by atoms with Crippen LogP contribution in [0.2, 0.25) is 18.1 Å². The first-order chi connectivity index (χ1) is 14.0. The number of ether oxygens (including phenoxy) is 2. The average Bonchev–Trinajstić information content (AvgIpc) is 3.01. The first kappa shape index (κ1) is 24.4. The van der Waals surface area contributed by atoms with E-state index in [-0.39, 0.29) is 24.9 Å². The number of carbonyl (C=O) groups is 2. The van der Waals surface area contributed by atoms with Crippen LogP contribution < -0.4 is 0 Å². The summed E-state index contributed by atoms with van der Waals surface area (Å²) >= 11 is 0. The van der Waals surface area contributed by atoms with Crippen molar-refractivity contribution in [1.82, 2.24) is 4.90 Å². The van der Waals surface area contributed by atoms with Crippen LogP contribution in [-0.4, -0.2) is 61.8 Å². The second kappa shape index (κ2) is 9.94. The first-order valence-electron chi connectivity index (χ1n) is 10.4. The molecule has 1 aromatic rings. The number of hydrogen-bond acceptors (Lipinski definition) is 6. The van der Waals surface area contributed by atoms with Crippen LogP contribution in [0.4, 0.5) is 4.79 Å². The highest BCUT2D eigenvalue weighted by Crippen LogP contribution is 2.38. The molecule has 1 aliphatic rings. The third-order valence-corrected chi connectivity index (χ3v) is 10.6. The fraction of sp³-hybridized carbons (Fsp3) is 0.636. The Bertz CT molecular complexity index is 718. The molecule has 0 aliphatic carbocycles. The third-order valence-electron chi connectivity index (χ3n) is 6.05. The molecule has 1 aliphatic heterocycles. The molecule has 0 bridgehead atoms. The predicted octanol–water partition coefficient (Wildman–Crippen LogP) is 3.71. The minimum atomic E-state index is -2.09. The van der Waals surface area contributed by atoms with Gasteiger partial charge in [-0.15, -0.1) is 0 Å². The van der Waals surface area contributed by atoms with Crippen molar-refractivity contribution >= 4 is 20.4 Å². The van der Waals surface area contributed by atoms with Gasteiger partial charge in [0.1, 0.15) is 12.7 Å². The Kier molecular flexibility index (Phi) is 8.07. The van der Waals surface area contributed by atoms with E-state index in [1.54, 1.807) is 0 Å². The Balaban J connectivity index is 2.18. The molecule has 3 atom stereocenters. The normalized spacial score (nSPS) is 22.1. The molecule has 0 spiro atoms. The number of nitrogens with zero attached hydrogens (tertiary/aromatic N) is 1. The Labute approximate surface area is 180 Å². The van der Waals surface area contributed by atoms with E-state index >= 15 is 0 Å². The van der Waals surface area contributed by atoms with Gasteiger partial charge in [-0.25, -0.2) is 4.79 Å². The minimum absolute atomic E-state index is 0.00242. The summed E-state index contributed by atoms with van der Waals surface area (Å²) in [7, 11) is -2.09. The Morgan fingerprint density at radius 1 is 1.20 bits per heavy atom. The molecular weight excluding hydrogens is 402 g/mol. The molecule has 7 nitrogen and oxygen atoms in total. The molecule has 30 heavy (non-hydrogen) atoms. The summed E-state index contributed by atoms with van der Waals surface area (Å²) in [4.78, 5) is 26.1. The van der Waals surface area contributed by atoms with Gasteiger partial charge in [0.25, 0.3) is 0 Å². The quantitative estimate of drug-likeness (QED) is 0.517. The van der Waals surface area contributed by atoms with Gasteiger partial charge in [-0.05, 0) is 23.7 Å². The van der Waals surface area contributed by atoms with Gasteiger partial charge in [-0.1, -0.05) is 51.1 Å². The number of aliphatic hydroxyl groups excluding tert-OH is 1. The van der Waals surface area contributed by atoms with E-state index in [4.69, 9.17) is 13.9 Å². The number of likely N-dealkylation sites (tertiary alicyclic amines) is 1. The summed E-state index contributed by atoms with van der Waals surface area (Å²) in [6.07, 6.45) is -0.743. The molecule has 1 aromatic carbocycles. The lowest BCUT2D eigenvalue weighted by atomic mass is 10.1. The maximum absolute atomic E-state index is 13.0. The third kappa shape index (κ3) is 6.06. The van der Waals surface area contributed by atoms with Crippen LogP contribution in [0, 0.1) is 0 Å². The number of hydrogen-bond donors (Lipinski definition) is 1. The molecule has 1 amide bonds. The number of benzene rings is 1. The van der Waals surface area contributed by atoms with E-state index in [2.05, 4.69) is 33.9 Å². The SMILES string of the molecule is CC(=O)O[C@H]1C[C@H](CO)N(C(=O)OCc2ccccc2)[C@@H]1CO[Si](C)(C)C(C)(C)C. The second-order valence-electron chi connectivity index (χ2n) is 9.31. The van der Waals surface area contributed by atoms with Gasteiger partial charge in [0.05, 0.1) is 25.3 Å². The van der Waals surface area contributed by atoms with Crippen molar-refractivity contribution in [2.75, 3.05) is 13.2 Å². The van der Waals surface area contributed by atoms with Crippen molar-refractivity contribution in [3.8, 4) is 0 Å². The van der Waals surface area contributed by atoms with Crippen molar-refractivity contribution in [3.63, 3.8) is 0 Å². The number of amides is 1. The van der Waals surface area contributed by atoms with Crippen LogP contribution in [0.25, 0.3) is 0 Å². The zero-order chi connectivity index (χ0) is 22.5. The Morgan fingerprint density at radius 2 is 1.83 bits per heavy atom. The highest BCUT2D eigenvalue weighted by Gasteiger charge is 2.48. The van der Waals surface area contributed by atoms with Crippen molar-refractivity contribution in [1.29, 1.82) is 0 Å². The van der Waals surface area contributed by atoms with Gasteiger partial charge in [0.15, 0.2) is 8.32 Å². The van der Waals surface area contributed by atoms with Gasteiger partial charge in [-0.2, -0.15) is 0 Å². The lowest BCUT2D eigenvalue weighted by Gasteiger charge is -2.38. The molecule has 2 rings (SSSR count). The van der Waals surface area contributed by atoms with E-state index in [0.29, 0.717) is 6.42 Å². The monoisotopic (exact) mass is 437 g/mol. The van der Waals surface area contributed by atoms with Crippen LogP contribution in [0.3, 0.4) is 0 Å². The Hall–Kier alpha value is -1.90. The molecule has 8 heteroatoms. The highest BCUT2D eigenvalue weighted by molar-refractivity contribution is 6.74. The molecule has 0 aromatic heterocycles. The number of carbonyl (C=O) groups excluding carboxylic acids is 2. The lowest BCUT2D eigenvalue weighted by molar-refractivity contribution is -0.147. The number of esters is 1. The fourth-order valence-electron chi connectivity index (χ4n) is 3.27. The molecule has 1 N–H and O–H groups in total. The number of rotatable bonds is 7. The van der Waals surface area contributed by atoms with Crippen molar-refractivity contribution < 1.29 is 28.6 Å². The van der Waals surface area contributed by atoms with Crippen LogP contribution in [0.5, 0.6) is 0 Å². The van der Waals surface area contributed by atoms with Gasteiger partial charge in [0.2, 0.25) is 0 Å². The summed E-state index contributed by atoms with van der Waals surface area (Å²) in [6.45, 7) is 12.1. The maximum atomic E-state index is 13.0. The minimum Gasteiger partial charge on any atom is -0.460 e. The van der Waals surface area contributed by atoms with Gasteiger partial charge in [0, 0.05) is 13.3 Å². The van der Waals surface area contributed by atoms with E-state index in [1.807, 2.05) is 30.3 Å². The summed E-state index contributed by atoms with van der Waals surface area (Å²) in [5.74, 6) is -0.423. The van der Waals surface area contributed by atoms with Crippen LogP contribution in [0.1, 0.15) is 39.7 Å². The number of aliphatic hydroxyl groups is 1. The van der Waals surface area contributed by atoms with Gasteiger partial charge >= 0.3 is 12.1 Å². The van der Waals surface area contributed by atoms with E-state index < -0.39 is 38.6 Å². The van der Waals surface area contributed by atoms with E-state index in [0.717, 1.165) is 5.56 Å². The predicted molar refractivity (Wildman–Crippen MR) is 116 cm³/mol. The van der Waals surface area contributed by atoms with E-state index in [1.165, 1.54) is 11.8 Å². The molecule has 0 saturated carbocycles. The standard InChI is InChI=1S/C22H35NO6Si/c1-16(25)29-20-12-18(13-24)23(19(20)15-28-30(5,6)22(2,3)4)21(26)27-14-17-10-8-7-9-11-17/h7-11,18-20,24H,12-15H2,1-6H3/t18-,19-,20+/m1/s1. The summed E-state index contributed by atoms with van der Waals surface area (Å²) in [5.41, 5.74) is 0.871. The van der Waals surface area contributed by atoms with Crippen molar-refractivity contribution in [2.24, 2.45) is 0 Å². The van der Waals surface area contributed by atoms with E-state index in [9.17, 15) is 14.7 Å². The van der Waals surface area contributed by atoms with Crippen LogP contribution in [0.15, 0.2) is 30.3 Å². The maximum Gasteiger partial charge on any atom is 0.410 e. The second-order valence-corrected chi connectivity index (χ2v) is 14.1. The highest BCUT2D eigenvalue weighted by atomic mass is 28.4. The zero-order valence-electron chi connectivity index (χ0n) is 18.9. The van der Waals surface area contributed by atoms with Gasteiger partial charge < -0.3 is 19.0 Å². The molecule has 0 radical (unpaired) electrons. The fourth-order valence-corrected chi connectivity index (χ4v) is 4.29. The average molecular weight is 438 g/mol. The largest absolute Gasteiger partial charge is 0.460 e. The lowest BCUT2D eigenvalue weighted by Crippen LogP contribution is -2.51. The Morgan fingerprint density at radius 3 is 2.37 bits per heavy atom. The summed E-state index contributed by atoms with van der Waals surface area (Å²) in [5, 5.41) is 9.87. The molecule has 1 saturated heterocycles. The zero-order valence-corrected chi connectivity index (χ0v) is 19.9. The van der Waals surface area contributed by atoms with Crippen molar-refractivity contribution in [3.05, 3.63) is 35.9 Å². The smallest absolute Gasteiger partial charge is 0.410 e. The summed E-state index contributed by atoms with van der Waals surface area (Å²) in [6, 6.07) is 8.39. The topological polar surface area (TPSA) is 85.3 Å². The van der Waals surface area contributed by atoms with Crippen LogP contribution >= 0.6 is 0 Å². The van der Waals surface area contributed by atoms with Crippen molar-refractivity contribution in [2.45, 2.75) is 77.0 Å². The van der Waals surface area contributed by atoms with Gasteiger partial charge in [-0.3, -0.25) is 9.69 Å². The summed E-state index contributed by atoms with van der Waals surface area (Å²) < 4.78 is 17.3. The molecular formula is C22H35NO6Si.